The predicted molar refractivity (Wildman–Crippen MR) is 125 cm³/mol. The number of carbonyl (C=O) groups is 2. The van der Waals surface area contributed by atoms with Crippen molar-refractivity contribution in [2.24, 2.45) is 0 Å². The van der Waals surface area contributed by atoms with Crippen LogP contribution in [0.5, 0.6) is 5.75 Å². The average Bonchev–Trinajstić information content (AvgIpc) is 3.24. The van der Waals surface area contributed by atoms with Gasteiger partial charge in [0.15, 0.2) is 0 Å². The number of hydrogen-bond donors (Lipinski definition) is 3. The molecule has 0 spiro atoms. The largest absolute Gasteiger partial charge is 0.489 e. The lowest BCUT2D eigenvalue weighted by atomic mass is 10.1. The van der Waals surface area contributed by atoms with E-state index in [0.29, 0.717) is 29.2 Å². The summed E-state index contributed by atoms with van der Waals surface area (Å²) in [5.74, 6) is 5.69. The Morgan fingerprint density at radius 2 is 2.06 bits per heavy atom. The molecular formula is C25H25N5O4. The number of amides is 2. The molecule has 0 fully saturated rings. The minimum atomic E-state index is -1.13. The summed E-state index contributed by atoms with van der Waals surface area (Å²) >= 11 is 0. The van der Waals surface area contributed by atoms with Crippen LogP contribution >= 0.6 is 0 Å². The SMILES string of the molecule is CN1C(=O)[C@@H](NC(=O)c2n[nH]c(Cc3ccccc3)n2)COc2cc(C#CC(C)(C)O)ccc21. The molecule has 0 bridgehead atoms. The Morgan fingerprint density at radius 3 is 2.79 bits per heavy atom. The molecule has 1 aliphatic rings. The van der Waals surface area contributed by atoms with Crippen molar-refractivity contribution in [1.29, 1.82) is 0 Å². The van der Waals surface area contributed by atoms with E-state index in [0.717, 1.165) is 5.56 Å². The normalized spacial score (nSPS) is 15.5. The van der Waals surface area contributed by atoms with E-state index < -0.39 is 17.6 Å². The highest BCUT2D eigenvalue weighted by Crippen LogP contribution is 2.31. The zero-order valence-corrected chi connectivity index (χ0v) is 19.1. The van der Waals surface area contributed by atoms with E-state index in [4.69, 9.17) is 4.74 Å². The Balaban J connectivity index is 1.45. The van der Waals surface area contributed by atoms with Crippen LogP contribution in [-0.2, 0) is 11.2 Å². The molecule has 0 saturated carbocycles. The second-order valence-electron chi connectivity index (χ2n) is 8.49. The van der Waals surface area contributed by atoms with Gasteiger partial charge in [0.2, 0.25) is 5.82 Å². The highest BCUT2D eigenvalue weighted by atomic mass is 16.5. The molecule has 0 radical (unpaired) electrons. The van der Waals surface area contributed by atoms with Gasteiger partial charge >= 0.3 is 0 Å². The minimum absolute atomic E-state index is 0.0488. The van der Waals surface area contributed by atoms with Gasteiger partial charge in [0, 0.05) is 19.0 Å². The van der Waals surface area contributed by atoms with Gasteiger partial charge in [-0.15, -0.1) is 5.10 Å². The fraction of sp³-hybridized carbons (Fsp3) is 0.280. The van der Waals surface area contributed by atoms with Gasteiger partial charge in [-0.2, -0.15) is 0 Å². The van der Waals surface area contributed by atoms with Gasteiger partial charge in [0.25, 0.3) is 11.8 Å². The molecule has 4 rings (SSSR count). The van der Waals surface area contributed by atoms with Crippen LogP contribution in [0.25, 0.3) is 0 Å². The minimum Gasteiger partial charge on any atom is -0.489 e. The third-order valence-electron chi connectivity index (χ3n) is 5.12. The third kappa shape index (κ3) is 5.42. The van der Waals surface area contributed by atoms with E-state index in [2.05, 4.69) is 32.3 Å². The number of aromatic amines is 1. The molecule has 9 heteroatoms. The number of aromatic nitrogens is 3. The van der Waals surface area contributed by atoms with Crippen molar-refractivity contribution in [3.63, 3.8) is 0 Å². The number of likely N-dealkylation sites (N-methyl/N-ethyl adjacent to an activating group) is 1. The summed E-state index contributed by atoms with van der Waals surface area (Å²) in [7, 11) is 1.61. The number of ether oxygens (including phenoxy) is 1. The maximum atomic E-state index is 13.0. The number of hydrogen-bond acceptors (Lipinski definition) is 6. The zero-order valence-electron chi connectivity index (χ0n) is 19.1. The van der Waals surface area contributed by atoms with Gasteiger partial charge in [0.05, 0.1) is 5.69 Å². The van der Waals surface area contributed by atoms with Crippen molar-refractivity contribution in [2.45, 2.75) is 31.9 Å². The van der Waals surface area contributed by atoms with E-state index in [1.807, 2.05) is 30.3 Å². The lowest BCUT2D eigenvalue weighted by Crippen LogP contribution is -2.49. The molecule has 3 N–H and O–H groups in total. The van der Waals surface area contributed by atoms with Crippen LogP contribution in [0.15, 0.2) is 48.5 Å². The molecular weight excluding hydrogens is 434 g/mol. The molecule has 1 aliphatic heterocycles. The Labute approximate surface area is 197 Å². The average molecular weight is 460 g/mol. The van der Waals surface area contributed by atoms with E-state index >= 15 is 0 Å². The first-order valence-corrected chi connectivity index (χ1v) is 10.8. The summed E-state index contributed by atoms with van der Waals surface area (Å²) in [6.45, 7) is 3.13. The maximum absolute atomic E-state index is 13.0. The summed E-state index contributed by atoms with van der Waals surface area (Å²) < 4.78 is 5.84. The summed E-state index contributed by atoms with van der Waals surface area (Å²) in [5.41, 5.74) is 1.09. The van der Waals surface area contributed by atoms with Crippen molar-refractivity contribution >= 4 is 17.5 Å². The maximum Gasteiger partial charge on any atom is 0.291 e. The number of aliphatic hydroxyl groups is 1. The zero-order chi connectivity index (χ0) is 24.3. The lowest BCUT2D eigenvalue weighted by molar-refractivity contribution is -0.120. The fourth-order valence-electron chi connectivity index (χ4n) is 3.40. The fourth-order valence-corrected chi connectivity index (χ4v) is 3.40. The Hall–Kier alpha value is -4.16. The van der Waals surface area contributed by atoms with Gasteiger partial charge in [-0.05, 0) is 37.6 Å². The molecule has 0 saturated heterocycles. The highest BCUT2D eigenvalue weighted by molar-refractivity contribution is 6.02. The molecule has 1 atom stereocenters. The van der Waals surface area contributed by atoms with E-state index in [1.165, 1.54) is 4.90 Å². The first-order chi connectivity index (χ1) is 16.2. The number of anilines is 1. The van der Waals surface area contributed by atoms with Crippen molar-refractivity contribution in [3.8, 4) is 17.6 Å². The quantitative estimate of drug-likeness (QED) is 0.511. The van der Waals surface area contributed by atoms with Crippen LogP contribution < -0.4 is 15.0 Å². The van der Waals surface area contributed by atoms with Crippen LogP contribution in [0.1, 0.15) is 41.4 Å². The van der Waals surface area contributed by atoms with Crippen molar-refractivity contribution < 1.29 is 19.4 Å². The number of carbonyl (C=O) groups excluding carboxylic acids is 2. The van der Waals surface area contributed by atoms with Crippen molar-refractivity contribution in [3.05, 3.63) is 71.3 Å². The number of nitrogens with zero attached hydrogens (tertiary/aromatic N) is 3. The van der Waals surface area contributed by atoms with E-state index in [-0.39, 0.29) is 18.3 Å². The number of H-pyrrole nitrogens is 1. The van der Waals surface area contributed by atoms with Crippen molar-refractivity contribution in [1.82, 2.24) is 20.5 Å². The molecule has 3 aromatic rings. The molecule has 1 aromatic heterocycles. The van der Waals surface area contributed by atoms with Crippen LogP contribution in [0.4, 0.5) is 5.69 Å². The molecule has 9 nitrogen and oxygen atoms in total. The van der Waals surface area contributed by atoms with E-state index in [9.17, 15) is 14.7 Å². The standard InChI is InChI=1S/C25H25N5O4/c1-25(2,33)12-11-17-9-10-19-20(13-17)34-15-18(24(32)30(19)3)26-23(31)22-27-21(28-29-22)14-16-7-5-4-6-8-16/h4-10,13,18,33H,14-15H2,1-3H3,(H,26,31)(H,27,28,29)/t18-/m0/s1. The van der Waals surface area contributed by atoms with Crippen LogP contribution in [0.2, 0.25) is 0 Å². The molecule has 2 amide bonds. The Kier molecular flexibility index (Phi) is 6.34. The van der Waals surface area contributed by atoms with Gasteiger partial charge in [-0.3, -0.25) is 14.7 Å². The Bertz CT molecular complexity index is 1270. The number of nitrogens with one attached hydrogen (secondary N) is 2. The first kappa shape index (κ1) is 23.0. The molecule has 2 heterocycles. The topological polar surface area (TPSA) is 120 Å². The molecule has 174 valence electrons. The third-order valence-corrected chi connectivity index (χ3v) is 5.12. The second-order valence-corrected chi connectivity index (χ2v) is 8.49. The number of rotatable bonds is 4. The van der Waals surface area contributed by atoms with Gasteiger partial charge in [-0.25, -0.2) is 4.98 Å². The van der Waals surface area contributed by atoms with Gasteiger partial charge in [0.1, 0.15) is 29.8 Å². The Morgan fingerprint density at radius 1 is 1.29 bits per heavy atom. The van der Waals surface area contributed by atoms with Gasteiger partial charge in [-0.1, -0.05) is 42.2 Å². The second kappa shape index (κ2) is 9.37. The summed E-state index contributed by atoms with van der Waals surface area (Å²) in [6.07, 6.45) is 0.503. The van der Waals surface area contributed by atoms with Crippen molar-refractivity contribution in [2.75, 3.05) is 18.6 Å². The summed E-state index contributed by atoms with van der Waals surface area (Å²) in [5, 5.41) is 19.2. The molecule has 34 heavy (non-hydrogen) atoms. The summed E-state index contributed by atoms with van der Waals surface area (Å²) in [4.78, 5) is 31.4. The highest BCUT2D eigenvalue weighted by Gasteiger charge is 2.31. The molecule has 2 aromatic carbocycles. The number of fused-ring (bicyclic) bond motifs is 1. The van der Waals surface area contributed by atoms with Crippen LogP contribution in [-0.4, -0.2) is 57.4 Å². The summed E-state index contributed by atoms with van der Waals surface area (Å²) in [6, 6.07) is 13.9. The number of benzene rings is 2. The first-order valence-electron chi connectivity index (χ1n) is 10.8. The van der Waals surface area contributed by atoms with Crippen LogP contribution in [0, 0.1) is 11.8 Å². The molecule has 0 unspecified atom stereocenters. The lowest BCUT2D eigenvalue weighted by Gasteiger charge is -2.20. The predicted octanol–water partition coefficient (Wildman–Crippen LogP) is 1.67. The molecule has 0 aliphatic carbocycles. The van der Waals surface area contributed by atoms with E-state index in [1.54, 1.807) is 39.1 Å². The van der Waals surface area contributed by atoms with Crippen LogP contribution in [0.3, 0.4) is 0 Å². The van der Waals surface area contributed by atoms with Gasteiger partial charge < -0.3 is 20.1 Å². The smallest absolute Gasteiger partial charge is 0.291 e. The monoisotopic (exact) mass is 459 g/mol.